The van der Waals surface area contributed by atoms with E-state index >= 15 is 0 Å². The topological polar surface area (TPSA) is 111 Å². The van der Waals surface area contributed by atoms with Gasteiger partial charge in [0, 0.05) is 12.8 Å². The molecule has 0 saturated carbocycles. The lowest BCUT2D eigenvalue weighted by Crippen LogP contribution is -2.47. The van der Waals surface area contributed by atoms with Crippen LogP contribution in [0.5, 0.6) is 0 Å². The van der Waals surface area contributed by atoms with Gasteiger partial charge in [-0.3, -0.25) is 18.6 Å². The van der Waals surface area contributed by atoms with Crippen LogP contribution in [0.1, 0.15) is 329 Å². The maximum absolute atomic E-state index is 13.6. The second kappa shape index (κ2) is 55.8. The molecule has 0 radical (unpaired) electrons. The smallest absolute Gasteiger partial charge is 0.456 e. The summed E-state index contributed by atoms with van der Waals surface area (Å²) in [6.45, 7) is 7.05. The quantitative estimate of drug-likeness (QED) is 0.0205. The number of quaternary nitrogens is 1. The molecule has 1 amide bonds. The molecule has 444 valence electrons. The third kappa shape index (κ3) is 57.0. The molecule has 75 heavy (non-hydrogen) atoms. The number of rotatable bonds is 60. The number of nitrogens with one attached hydrogen (secondary N) is 1. The molecule has 0 heterocycles. The van der Waals surface area contributed by atoms with Gasteiger partial charge in [0.05, 0.1) is 33.8 Å². The number of carbonyl (C=O) groups excluding carboxylic acids is 2. The number of phosphoric acid groups is 1. The van der Waals surface area contributed by atoms with Crippen LogP contribution in [-0.4, -0.2) is 74.3 Å². The van der Waals surface area contributed by atoms with Crippen LogP contribution >= 0.6 is 7.82 Å². The largest absolute Gasteiger partial charge is 0.472 e. The third-order valence-corrected chi connectivity index (χ3v) is 15.9. The summed E-state index contributed by atoms with van der Waals surface area (Å²) < 4.78 is 30.7. The molecule has 3 atom stereocenters. The molecular formula is C65H128N2O7P+. The Hall–Kier alpha value is -1.51. The summed E-state index contributed by atoms with van der Waals surface area (Å²) in [4.78, 5) is 37.7. The van der Waals surface area contributed by atoms with E-state index in [9.17, 15) is 19.0 Å². The molecule has 0 aromatic rings. The fourth-order valence-corrected chi connectivity index (χ4v) is 10.6. The number of likely N-dealkylation sites (N-methyl/N-ethyl adjacent to an activating group) is 1. The molecule has 9 nitrogen and oxygen atoms in total. The first-order valence-corrected chi connectivity index (χ1v) is 34.2. The van der Waals surface area contributed by atoms with Crippen molar-refractivity contribution in [3.63, 3.8) is 0 Å². The number of hydrogen-bond donors (Lipinski definition) is 2. The predicted octanol–water partition coefficient (Wildman–Crippen LogP) is 20.1. The van der Waals surface area contributed by atoms with E-state index in [-0.39, 0.29) is 31.5 Å². The van der Waals surface area contributed by atoms with Gasteiger partial charge in [0.15, 0.2) is 0 Å². The lowest BCUT2D eigenvalue weighted by Gasteiger charge is -2.27. The number of allylic oxidation sites excluding steroid dienone is 3. The summed E-state index contributed by atoms with van der Waals surface area (Å²) in [5, 5.41) is 3.06. The van der Waals surface area contributed by atoms with E-state index in [0.717, 1.165) is 70.6 Å². The van der Waals surface area contributed by atoms with E-state index in [1.165, 1.54) is 225 Å². The summed E-state index contributed by atoms with van der Waals surface area (Å²) in [7, 11) is 1.51. The Balaban J connectivity index is 5.10. The van der Waals surface area contributed by atoms with Gasteiger partial charge in [0.1, 0.15) is 19.3 Å². The average molecular weight is 1080 g/mol. The molecule has 0 bridgehead atoms. The number of ether oxygens (including phenoxy) is 1. The van der Waals surface area contributed by atoms with Crippen molar-refractivity contribution in [2.45, 2.75) is 341 Å². The van der Waals surface area contributed by atoms with Crippen LogP contribution in [-0.2, 0) is 27.9 Å². The lowest BCUT2D eigenvalue weighted by atomic mass is 10.0. The van der Waals surface area contributed by atoms with E-state index in [4.69, 9.17) is 13.8 Å². The fourth-order valence-electron chi connectivity index (χ4n) is 9.82. The fraction of sp³-hybridized carbons (Fsp3) is 0.908. The Labute approximate surface area is 466 Å². The Morgan fingerprint density at radius 1 is 0.453 bits per heavy atom. The number of unbranched alkanes of at least 4 members (excludes halogenated alkanes) is 42. The monoisotopic (exact) mass is 1080 g/mol. The third-order valence-electron chi connectivity index (χ3n) is 14.9. The van der Waals surface area contributed by atoms with Gasteiger partial charge in [0.25, 0.3) is 0 Å². The van der Waals surface area contributed by atoms with Gasteiger partial charge in [0.2, 0.25) is 5.91 Å². The van der Waals surface area contributed by atoms with Gasteiger partial charge in [-0.2, -0.15) is 0 Å². The van der Waals surface area contributed by atoms with E-state index in [2.05, 4.69) is 38.2 Å². The molecule has 0 saturated heterocycles. The summed E-state index contributed by atoms with van der Waals surface area (Å²) >= 11 is 0. The van der Waals surface area contributed by atoms with Gasteiger partial charge in [-0.25, -0.2) is 4.57 Å². The Morgan fingerprint density at radius 2 is 0.773 bits per heavy atom. The van der Waals surface area contributed by atoms with Crippen LogP contribution in [0, 0.1) is 0 Å². The van der Waals surface area contributed by atoms with Crippen LogP contribution < -0.4 is 5.32 Å². The molecule has 0 aliphatic rings. The minimum absolute atomic E-state index is 0.0417. The van der Waals surface area contributed by atoms with Crippen molar-refractivity contribution in [3.05, 3.63) is 24.3 Å². The molecule has 10 heteroatoms. The summed E-state index contributed by atoms with van der Waals surface area (Å²) in [5.41, 5.74) is 0. The highest BCUT2D eigenvalue weighted by atomic mass is 31.2. The summed E-state index contributed by atoms with van der Waals surface area (Å²) in [6.07, 6.45) is 66.1. The second-order valence-electron chi connectivity index (χ2n) is 23.6. The Kier molecular flexibility index (Phi) is 54.7. The molecule has 0 spiro atoms. The van der Waals surface area contributed by atoms with Crippen LogP contribution in [0.3, 0.4) is 0 Å². The van der Waals surface area contributed by atoms with Gasteiger partial charge < -0.3 is 19.4 Å². The predicted molar refractivity (Wildman–Crippen MR) is 323 cm³/mol. The standard InChI is InChI=1S/C65H127N2O7P/c1-7-10-13-16-19-22-25-28-30-31-32-33-34-35-36-37-38-39-42-45-48-51-54-57-64(68)66-62(61-73-75(70,71)72-60-59-67(4,5)6)63(56-53-50-47-44-41-27-24-21-18-15-12-9-3)74-65(69)58-55-52-49-46-43-40-29-26-23-20-17-14-11-8-2/h40,43,53,56,62-63H,7-39,41-42,44-52,54-55,57-61H2,1-6H3,(H-,66,68,70,71)/p+1/b43-40-,56-53-. The van der Waals surface area contributed by atoms with Crippen LogP contribution in [0.2, 0.25) is 0 Å². The highest BCUT2D eigenvalue weighted by Gasteiger charge is 2.30. The highest BCUT2D eigenvalue weighted by molar-refractivity contribution is 7.47. The SMILES string of the molecule is CCCCCCCCC/C=C\CCCCCC(=O)OC(/C=C\CCCCCCCCCCCC)C(COP(=O)(O)OCC[N+](C)(C)C)NC(=O)CCCCCCCCCCCCCCCCCCCCCCCCC. The maximum atomic E-state index is 13.6. The first-order chi connectivity index (χ1) is 36.4. The van der Waals surface area contributed by atoms with Crippen molar-refractivity contribution in [2.75, 3.05) is 40.9 Å². The first-order valence-electron chi connectivity index (χ1n) is 32.7. The Morgan fingerprint density at radius 3 is 1.15 bits per heavy atom. The number of amides is 1. The zero-order valence-electron chi connectivity index (χ0n) is 50.8. The number of carbonyl (C=O) groups is 2. The van der Waals surface area contributed by atoms with Crippen molar-refractivity contribution in [1.29, 1.82) is 0 Å². The first kappa shape index (κ1) is 73.5. The average Bonchev–Trinajstić information content (AvgIpc) is 3.37. The zero-order valence-corrected chi connectivity index (χ0v) is 51.7. The zero-order chi connectivity index (χ0) is 55.0. The van der Waals surface area contributed by atoms with Gasteiger partial charge in [-0.15, -0.1) is 0 Å². The number of esters is 1. The van der Waals surface area contributed by atoms with E-state index < -0.39 is 20.0 Å². The van der Waals surface area contributed by atoms with Crippen LogP contribution in [0.25, 0.3) is 0 Å². The van der Waals surface area contributed by atoms with Gasteiger partial charge in [-0.1, -0.05) is 283 Å². The van der Waals surface area contributed by atoms with E-state index in [1.54, 1.807) is 0 Å². The Bertz CT molecular complexity index is 1340. The molecule has 2 N–H and O–H groups in total. The minimum Gasteiger partial charge on any atom is -0.456 e. The summed E-state index contributed by atoms with van der Waals surface area (Å²) in [6, 6.07) is -0.848. The molecule has 0 aliphatic carbocycles. The van der Waals surface area contributed by atoms with Crippen molar-refractivity contribution in [3.8, 4) is 0 Å². The maximum Gasteiger partial charge on any atom is 0.472 e. The van der Waals surface area contributed by atoms with Gasteiger partial charge in [-0.05, 0) is 57.4 Å². The van der Waals surface area contributed by atoms with Crippen molar-refractivity contribution < 1.29 is 37.3 Å². The highest BCUT2D eigenvalue weighted by Crippen LogP contribution is 2.43. The minimum atomic E-state index is -4.45. The second-order valence-corrected chi connectivity index (χ2v) is 25.1. The summed E-state index contributed by atoms with van der Waals surface area (Å²) in [5.74, 6) is -0.506. The molecule has 0 aliphatic heterocycles. The van der Waals surface area contributed by atoms with Crippen molar-refractivity contribution >= 4 is 19.7 Å². The molecule has 0 aromatic carbocycles. The molecule has 0 aromatic heterocycles. The van der Waals surface area contributed by atoms with Crippen LogP contribution in [0.15, 0.2) is 24.3 Å². The van der Waals surface area contributed by atoms with Crippen molar-refractivity contribution in [2.24, 2.45) is 0 Å². The van der Waals surface area contributed by atoms with Gasteiger partial charge >= 0.3 is 13.8 Å². The number of hydrogen-bond acceptors (Lipinski definition) is 6. The van der Waals surface area contributed by atoms with E-state index in [0.29, 0.717) is 17.4 Å². The molecular weight excluding hydrogens is 952 g/mol. The normalized spacial score (nSPS) is 13.7. The molecule has 0 rings (SSSR count). The van der Waals surface area contributed by atoms with Crippen molar-refractivity contribution in [1.82, 2.24) is 5.32 Å². The lowest BCUT2D eigenvalue weighted by molar-refractivity contribution is -0.870. The molecule has 0 fully saturated rings. The number of phosphoric ester groups is 1. The van der Waals surface area contributed by atoms with E-state index in [1.807, 2.05) is 33.3 Å². The number of nitrogens with zero attached hydrogens (tertiary/aromatic N) is 1. The molecule has 3 unspecified atom stereocenters. The van der Waals surface area contributed by atoms with Crippen LogP contribution in [0.4, 0.5) is 0 Å².